The SMILES string of the molecule is CCCCNC(=O)CCCN(C)C. The van der Waals surface area contributed by atoms with Crippen molar-refractivity contribution in [1.29, 1.82) is 0 Å². The summed E-state index contributed by atoms with van der Waals surface area (Å²) >= 11 is 0. The number of nitrogens with zero attached hydrogens (tertiary/aromatic N) is 1. The van der Waals surface area contributed by atoms with E-state index in [2.05, 4.69) is 17.1 Å². The third kappa shape index (κ3) is 9.34. The minimum Gasteiger partial charge on any atom is -0.356 e. The second-order valence-electron chi connectivity index (χ2n) is 3.61. The van der Waals surface area contributed by atoms with Crippen LogP contribution in [-0.2, 0) is 4.79 Å². The summed E-state index contributed by atoms with van der Waals surface area (Å²) in [4.78, 5) is 13.3. The molecule has 0 heterocycles. The summed E-state index contributed by atoms with van der Waals surface area (Å²) in [5.74, 6) is 0.190. The van der Waals surface area contributed by atoms with Gasteiger partial charge in [-0.2, -0.15) is 0 Å². The van der Waals surface area contributed by atoms with Gasteiger partial charge < -0.3 is 10.2 Å². The Kier molecular flexibility index (Phi) is 7.69. The number of unbranched alkanes of at least 4 members (excludes halogenated alkanes) is 1. The lowest BCUT2D eigenvalue weighted by Gasteiger charge is -2.08. The van der Waals surface area contributed by atoms with E-state index >= 15 is 0 Å². The predicted molar refractivity (Wildman–Crippen MR) is 55.7 cm³/mol. The van der Waals surface area contributed by atoms with Crippen LogP contribution in [0, 0.1) is 0 Å². The maximum Gasteiger partial charge on any atom is 0.220 e. The van der Waals surface area contributed by atoms with Gasteiger partial charge in [-0.05, 0) is 33.5 Å². The van der Waals surface area contributed by atoms with Gasteiger partial charge in [0.1, 0.15) is 0 Å². The summed E-state index contributed by atoms with van der Waals surface area (Å²) in [7, 11) is 4.05. The van der Waals surface area contributed by atoms with Crippen molar-refractivity contribution >= 4 is 5.91 Å². The lowest BCUT2D eigenvalue weighted by atomic mass is 10.2. The van der Waals surface area contributed by atoms with Gasteiger partial charge in [0.05, 0.1) is 0 Å². The van der Waals surface area contributed by atoms with E-state index in [1.54, 1.807) is 0 Å². The fourth-order valence-electron chi connectivity index (χ4n) is 1.05. The molecule has 0 aliphatic rings. The van der Waals surface area contributed by atoms with Gasteiger partial charge in [0, 0.05) is 13.0 Å². The highest BCUT2D eigenvalue weighted by atomic mass is 16.1. The average Bonchev–Trinajstić information content (AvgIpc) is 2.04. The summed E-state index contributed by atoms with van der Waals surface area (Å²) < 4.78 is 0. The molecule has 0 fully saturated rings. The average molecular weight is 186 g/mol. The third-order valence-electron chi connectivity index (χ3n) is 1.86. The molecule has 0 aliphatic heterocycles. The second kappa shape index (κ2) is 8.05. The quantitative estimate of drug-likeness (QED) is 0.607. The van der Waals surface area contributed by atoms with Crippen LogP contribution in [0.25, 0.3) is 0 Å². The minimum atomic E-state index is 0.190. The second-order valence-corrected chi connectivity index (χ2v) is 3.61. The summed E-state index contributed by atoms with van der Waals surface area (Å²) in [6.45, 7) is 3.94. The van der Waals surface area contributed by atoms with Crippen LogP contribution in [0.2, 0.25) is 0 Å². The summed E-state index contributed by atoms with van der Waals surface area (Å²) in [5, 5.41) is 2.90. The van der Waals surface area contributed by atoms with Crippen LogP contribution in [-0.4, -0.2) is 38.0 Å². The molecule has 0 atom stereocenters. The molecule has 0 spiro atoms. The molecule has 1 amide bonds. The van der Waals surface area contributed by atoms with Gasteiger partial charge in [0.15, 0.2) is 0 Å². The lowest BCUT2D eigenvalue weighted by Crippen LogP contribution is -2.25. The fourth-order valence-corrected chi connectivity index (χ4v) is 1.05. The van der Waals surface area contributed by atoms with E-state index in [1.807, 2.05) is 14.1 Å². The molecule has 0 aromatic heterocycles. The van der Waals surface area contributed by atoms with E-state index in [4.69, 9.17) is 0 Å². The molecule has 13 heavy (non-hydrogen) atoms. The molecule has 1 N–H and O–H groups in total. The van der Waals surface area contributed by atoms with E-state index < -0.39 is 0 Å². The first kappa shape index (κ1) is 12.4. The first-order chi connectivity index (χ1) is 6.16. The molecule has 0 rings (SSSR count). The van der Waals surface area contributed by atoms with Crippen molar-refractivity contribution in [2.24, 2.45) is 0 Å². The number of rotatable bonds is 7. The van der Waals surface area contributed by atoms with Crippen LogP contribution >= 0.6 is 0 Å². The smallest absolute Gasteiger partial charge is 0.220 e. The Balaban J connectivity index is 3.20. The van der Waals surface area contributed by atoms with Crippen LogP contribution in [0.4, 0.5) is 0 Å². The molecule has 0 saturated heterocycles. The van der Waals surface area contributed by atoms with Gasteiger partial charge in [-0.3, -0.25) is 4.79 Å². The first-order valence-electron chi connectivity index (χ1n) is 5.08. The number of carbonyl (C=O) groups is 1. The number of hydrogen-bond acceptors (Lipinski definition) is 2. The Morgan fingerprint density at radius 3 is 2.54 bits per heavy atom. The molecule has 0 radical (unpaired) electrons. The Labute approximate surface area is 81.5 Å². The molecule has 0 unspecified atom stereocenters. The maximum atomic E-state index is 11.2. The van der Waals surface area contributed by atoms with Crippen molar-refractivity contribution in [2.75, 3.05) is 27.2 Å². The van der Waals surface area contributed by atoms with Crippen molar-refractivity contribution in [3.63, 3.8) is 0 Å². The van der Waals surface area contributed by atoms with Gasteiger partial charge in [-0.15, -0.1) is 0 Å². The van der Waals surface area contributed by atoms with Crippen molar-refractivity contribution in [3.8, 4) is 0 Å². The normalized spacial score (nSPS) is 10.5. The van der Waals surface area contributed by atoms with Crippen molar-refractivity contribution < 1.29 is 4.79 Å². The zero-order chi connectivity index (χ0) is 10.1. The Morgan fingerprint density at radius 1 is 1.31 bits per heavy atom. The van der Waals surface area contributed by atoms with Crippen molar-refractivity contribution in [3.05, 3.63) is 0 Å². The van der Waals surface area contributed by atoms with Gasteiger partial charge in [-0.1, -0.05) is 13.3 Å². The van der Waals surface area contributed by atoms with E-state index in [0.29, 0.717) is 6.42 Å². The number of carbonyl (C=O) groups excluding carboxylic acids is 1. The van der Waals surface area contributed by atoms with E-state index in [1.165, 1.54) is 0 Å². The molecular weight excluding hydrogens is 164 g/mol. The highest BCUT2D eigenvalue weighted by Crippen LogP contribution is 1.91. The standard InChI is InChI=1S/C10H22N2O/c1-4-5-8-11-10(13)7-6-9-12(2)3/h4-9H2,1-3H3,(H,11,13). The molecule has 3 heteroatoms. The number of hydrogen-bond donors (Lipinski definition) is 1. The summed E-state index contributed by atoms with van der Waals surface area (Å²) in [5.41, 5.74) is 0. The molecule has 0 aliphatic carbocycles. The highest BCUT2D eigenvalue weighted by Gasteiger charge is 1.99. The van der Waals surface area contributed by atoms with Crippen LogP contribution < -0.4 is 5.32 Å². The zero-order valence-electron chi connectivity index (χ0n) is 9.10. The summed E-state index contributed by atoms with van der Waals surface area (Å²) in [6, 6.07) is 0. The van der Waals surface area contributed by atoms with Crippen molar-refractivity contribution in [1.82, 2.24) is 10.2 Å². The molecule has 78 valence electrons. The molecule has 0 saturated carbocycles. The summed E-state index contributed by atoms with van der Waals surface area (Å²) in [6.07, 6.45) is 3.82. The van der Waals surface area contributed by atoms with Crippen LogP contribution in [0.1, 0.15) is 32.6 Å². The van der Waals surface area contributed by atoms with Crippen LogP contribution in [0.5, 0.6) is 0 Å². The van der Waals surface area contributed by atoms with Crippen molar-refractivity contribution in [2.45, 2.75) is 32.6 Å². The Bertz CT molecular complexity index is 135. The Hall–Kier alpha value is -0.570. The minimum absolute atomic E-state index is 0.190. The molecule has 0 aromatic rings. The monoisotopic (exact) mass is 186 g/mol. The number of nitrogens with one attached hydrogen (secondary N) is 1. The third-order valence-corrected chi connectivity index (χ3v) is 1.86. The largest absolute Gasteiger partial charge is 0.356 e. The van der Waals surface area contributed by atoms with E-state index in [-0.39, 0.29) is 5.91 Å². The van der Waals surface area contributed by atoms with Gasteiger partial charge in [-0.25, -0.2) is 0 Å². The first-order valence-corrected chi connectivity index (χ1v) is 5.08. The molecule has 0 aromatic carbocycles. The van der Waals surface area contributed by atoms with E-state index in [0.717, 1.165) is 32.4 Å². The van der Waals surface area contributed by atoms with Gasteiger partial charge in [0.25, 0.3) is 0 Å². The lowest BCUT2D eigenvalue weighted by molar-refractivity contribution is -0.121. The fraction of sp³-hybridized carbons (Fsp3) is 0.900. The van der Waals surface area contributed by atoms with Crippen LogP contribution in [0.3, 0.4) is 0 Å². The van der Waals surface area contributed by atoms with E-state index in [9.17, 15) is 4.79 Å². The van der Waals surface area contributed by atoms with Crippen LogP contribution in [0.15, 0.2) is 0 Å². The Morgan fingerprint density at radius 2 is 2.00 bits per heavy atom. The number of amides is 1. The zero-order valence-corrected chi connectivity index (χ0v) is 9.10. The van der Waals surface area contributed by atoms with Gasteiger partial charge >= 0.3 is 0 Å². The maximum absolute atomic E-state index is 11.2. The molecular formula is C10H22N2O. The molecule has 0 bridgehead atoms. The molecule has 3 nitrogen and oxygen atoms in total. The highest BCUT2D eigenvalue weighted by molar-refractivity contribution is 5.75. The van der Waals surface area contributed by atoms with Gasteiger partial charge in [0.2, 0.25) is 5.91 Å². The predicted octanol–water partition coefficient (Wildman–Crippen LogP) is 1.24. The topological polar surface area (TPSA) is 32.3 Å².